The van der Waals surface area contributed by atoms with E-state index in [9.17, 15) is 0 Å². The van der Waals surface area contributed by atoms with Crippen LogP contribution in [-0.4, -0.2) is 37.1 Å². The van der Waals surface area contributed by atoms with Crippen LogP contribution in [0.1, 0.15) is 32.6 Å². The molecule has 0 aromatic carbocycles. The zero-order valence-electron chi connectivity index (χ0n) is 10.9. The molecule has 0 saturated heterocycles. The minimum Gasteiger partial charge on any atom is -0.269 e. The highest BCUT2D eigenvalue weighted by atomic mass is 35.6. The number of unbranched alkanes of at least 4 members (excludes halogenated alkanes) is 3. The zero-order chi connectivity index (χ0) is 15.4. The van der Waals surface area contributed by atoms with Crippen molar-refractivity contribution in [3.05, 3.63) is 0 Å². The molecule has 0 bridgehead atoms. The highest BCUT2D eigenvalue weighted by Gasteiger charge is 2.57. The van der Waals surface area contributed by atoms with Crippen molar-refractivity contribution in [3.8, 4) is 6.19 Å². The van der Waals surface area contributed by atoms with Crippen LogP contribution in [0.4, 0.5) is 0 Å². The lowest BCUT2D eigenvalue weighted by Gasteiger charge is -2.39. The number of nitrogens with zero attached hydrogens (tertiary/aromatic N) is 4. The van der Waals surface area contributed by atoms with Gasteiger partial charge in [-0.1, -0.05) is 84.2 Å². The van der Waals surface area contributed by atoms with Gasteiger partial charge in [-0.15, -0.1) is 0 Å². The van der Waals surface area contributed by atoms with E-state index in [4.69, 9.17) is 63.3 Å². The number of hydrogen-bond acceptors (Lipinski definition) is 4. The van der Waals surface area contributed by atoms with Crippen molar-refractivity contribution >= 4 is 64.3 Å². The van der Waals surface area contributed by atoms with Crippen molar-refractivity contribution in [2.75, 3.05) is 6.54 Å². The molecule has 114 valence electrons. The quantitative estimate of drug-likeness (QED) is 0.388. The average Bonchev–Trinajstić information content (AvgIpc) is 2.76. The third-order valence-corrected chi connectivity index (χ3v) is 5.36. The monoisotopic (exact) mass is 378 g/mol. The first kappa shape index (κ1) is 18.3. The third-order valence-electron chi connectivity index (χ3n) is 2.93. The number of hydrazone groups is 1. The molecule has 1 rings (SSSR count). The van der Waals surface area contributed by atoms with Crippen LogP contribution in [-0.2, 0) is 0 Å². The fraction of sp³-hybridized carbons (Fsp3) is 0.818. The Morgan fingerprint density at radius 3 is 2.35 bits per heavy atom. The summed E-state index contributed by atoms with van der Waals surface area (Å²) < 4.78 is -3.75. The van der Waals surface area contributed by atoms with E-state index in [2.05, 4.69) is 12.0 Å². The second-order valence-electron chi connectivity index (χ2n) is 4.46. The van der Waals surface area contributed by atoms with Crippen molar-refractivity contribution in [1.29, 1.82) is 5.26 Å². The molecule has 0 amide bonds. The summed E-state index contributed by atoms with van der Waals surface area (Å²) in [6.45, 7) is 2.71. The Kier molecular flexibility index (Phi) is 6.82. The fourth-order valence-electron chi connectivity index (χ4n) is 1.86. The van der Waals surface area contributed by atoms with E-state index in [1.807, 2.05) is 6.19 Å². The summed E-state index contributed by atoms with van der Waals surface area (Å²) in [6, 6.07) is 0. The first-order valence-corrected chi connectivity index (χ1v) is 8.08. The predicted molar refractivity (Wildman–Crippen MR) is 85.3 cm³/mol. The van der Waals surface area contributed by atoms with Crippen LogP contribution in [0.25, 0.3) is 0 Å². The fourth-order valence-corrected chi connectivity index (χ4v) is 2.59. The molecule has 4 nitrogen and oxygen atoms in total. The molecule has 0 aliphatic carbocycles. The smallest absolute Gasteiger partial charge is 0.227 e. The van der Waals surface area contributed by atoms with E-state index in [0.29, 0.717) is 6.54 Å². The maximum Gasteiger partial charge on any atom is 0.227 e. The molecule has 9 heteroatoms. The first-order chi connectivity index (χ1) is 9.25. The van der Waals surface area contributed by atoms with Gasteiger partial charge < -0.3 is 0 Å². The average molecular weight is 381 g/mol. The molecule has 1 aliphatic heterocycles. The number of alkyl halides is 5. The molecule has 0 fully saturated rings. The normalized spacial score (nSPS) is 19.6. The van der Waals surface area contributed by atoms with Crippen LogP contribution in [0.2, 0.25) is 0 Å². The molecule has 0 aromatic rings. The zero-order valence-corrected chi connectivity index (χ0v) is 14.6. The third kappa shape index (κ3) is 4.11. The van der Waals surface area contributed by atoms with Crippen molar-refractivity contribution in [1.82, 2.24) is 9.91 Å². The molecule has 0 spiro atoms. The van der Waals surface area contributed by atoms with Crippen LogP contribution in [0.5, 0.6) is 0 Å². The van der Waals surface area contributed by atoms with Crippen LogP contribution in [0.3, 0.4) is 0 Å². The summed E-state index contributed by atoms with van der Waals surface area (Å²) in [4.78, 5) is 1.18. The van der Waals surface area contributed by atoms with E-state index in [1.54, 1.807) is 5.01 Å². The van der Waals surface area contributed by atoms with Crippen molar-refractivity contribution in [2.45, 2.75) is 46.9 Å². The Labute approximate surface area is 144 Å². The minimum absolute atomic E-state index is 0.585. The lowest BCUT2D eigenvalue weighted by atomic mass is 10.2. The van der Waals surface area contributed by atoms with E-state index in [-0.39, 0.29) is 0 Å². The van der Waals surface area contributed by atoms with Crippen LogP contribution >= 0.6 is 58.0 Å². The molecule has 1 atom stereocenters. The summed E-state index contributed by atoms with van der Waals surface area (Å²) in [6.07, 6.45) is 6.61. The molecule has 20 heavy (non-hydrogen) atoms. The molecule has 1 unspecified atom stereocenters. The summed E-state index contributed by atoms with van der Waals surface area (Å²) in [7, 11) is 0. The van der Waals surface area contributed by atoms with Gasteiger partial charge in [0.05, 0.1) is 0 Å². The second kappa shape index (κ2) is 7.47. The van der Waals surface area contributed by atoms with Gasteiger partial charge in [-0.2, -0.15) is 10.4 Å². The summed E-state index contributed by atoms with van der Waals surface area (Å²) in [5.41, 5.74) is 0. The lowest BCUT2D eigenvalue weighted by Crippen LogP contribution is -2.55. The Balaban J connectivity index is 2.80. The second-order valence-corrected chi connectivity index (χ2v) is 8.12. The van der Waals surface area contributed by atoms with E-state index >= 15 is 0 Å². The van der Waals surface area contributed by atoms with Crippen LogP contribution < -0.4 is 0 Å². The standard InChI is InChI=1S/C11H15Cl5N4/c1-2-3-4-5-6-20-9(19(7-17)8-18-20)10(12,13)11(14,15)16/h8-9H,2-6H2,1H3. The van der Waals surface area contributed by atoms with Crippen LogP contribution in [0.15, 0.2) is 5.10 Å². The molecular weight excluding hydrogens is 365 g/mol. The Bertz CT molecular complexity index is 387. The van der Waals surface area contributed by atoms with E-state index < -0.39 is 14.3 Å². The summed E-state index contributed by atoms with van der Waals surface area (Å²) >= 11 is 29.8. The number of nitriles is 1. The maximum atomic E-state index is 9.10. The van der Waals surface area contributed by atoms with Crippen molar-refractivity contribution in [2.24, 2.45) is 5.10 Å². The van der Waals surface area contributed by atoms with Gasteiger partial charge in [0, 0.05) is 6.54 Å². The highest BCUT2D eigenvalue weighted by molar-refractivity contribution is 6.75. The summed E-state index contributed by atoms with van der Waals surface area (Å²) in [5, 5.41) is 14.8. The topological polar surface area (TPSA) is 42.6 Å². The van der Waals surface area contributed by atoms with Gasteiger partial charge in [0.15, 0.2) is 12.4 Å². The lowest BCUT2D eigenvalue weighted by molar-refractivity contribution is 0.142. The molecule has 0 N–H and O–H groups in total. The minimum atomic E-state index is -1.95. The van der Waals surface area contributed by atoms with Gasteiger partial charge in [0.1, 0.15) is 6.34 Å². The van der Waals surface area contributed by atoms with Gasteiger partial charge in [0.2, 0.25) is 8.13 Å². The Morgan fingerprint density at radius 2 is 1.85 bits per heavy atom. The largest absolute Gasteiger partial charge is 0.269 e. The van der Waals surface area contributed by atoms with Gasteiger partial charge in [-0.25, -0.2) is 4.90 Å². The number of halogens is 5. The van der Waals surface area contributed by atoms with Gasteiger partial charge in [0.25, 0.3) is 0 Å². The Hall–Kier alpha value is 0.210. The molecule has 0 radical (unpaired) electrons. The molecular formula is C11H15Cl5N4. The molecule has 0 saturated carbocycles. The Morgan fingerprint density at radius 1 is 1.20 bits per heavy atom. The van der Waals surface area contributed by atoms with E-state index in [0.717, 1.165) is 25.7 Å². The van der Waals surface area contributed by atoms with Gasteiger partial charge >= 0.3 is 0 Å². The van der Waals surface area contributed by atoms with Crippen molar-refractivity contribution < 1.29 is 0 Å². The molecule has 0 aromatic heterocycles. The van der Waals surface area contributed by atoms with Gasteiger partial charge in [-0.05, 0) is 6.42 Å². The SMILES string of the molecule is CCCCCCN1N=CN(C#N)C1C(Cl)(Cl)C(Cl)(Cl)Cl. The number of rotatable bonds is 6. The van der Waals surface area contributed by atoms with E-state index in [1.165, 1.54) is 11.2 Å². The molecule has 1 aliphatic rings. The van der Waals surface area contributed by atoms with Gasteiger partial charge in [-0.3, -0.25) is 5.01 Å². The van der Waals surface area contributed by atoms with Crippen LogP contribution in [0, 0.1) is 11.5 Å². The highest BCUT2D eigenvalue weighted by Crippen LogP contribution is 2.50. The molecule has 1 heterocycles. The number of hydrogen-bond donors (Lipinski definition) is 0. The van der Waals surface area contributed by atoms with Crippen molar-refractivity contribution in [3.63, 3.8) is 0 Å². The summed E-state index contributed by atoms with van der Waals surface area (Å²) in [5.74, 6) is 0. The maximum absolute atomic E-state index is 9.10. The first-order valence-electron chi connectivity index (χ1n) is 6.19. The predicted octanol–water partition coefficient (Wildman–Crippen LogP) is 4.48.